The van der Waals surface area contributed by atoms with E-state index in [1.165, 1.54) is 33.4 Å². The molecule has 2 nitrogen and oxygen atoms in total. The van der Waals surface area contributed by atoms with E-state index in [2.05, 4.69) is 52.9 Å². The molecule has 2 rings (SSSR count). The van der Waals surface area contributed by atoms with Gasteiger partial charge in [-0.05, 0) is 82.4 Å². The molecule has 0 unspecified atom stereocenters. The topological polar surface area (TPSA) is 29.1 Å². The second-order valence-electron chi connectivity index (χ2n) is 6.11. The molecule has 1 N–H and O–H groups in total. The zero-order valence-corrected chi connectivity index (χ0v) is 14.6. The summed E-state index contributed by atoms with van der Waals surface area (Å²) in [5.41, 5.74) is 10.1. The Bertz CT molecular complexity index is 746. The first-order valence-corrected chi connectivity index (χ1v) is 7.73. The molecule has 0 saturated heterocycles. The molecule has 0 aromatic heterocycles. The average Bonchev–Trinajstić information content (AvgIpc) is 2.84. The first-order valence-electron chi connectivity index (χ1n) is 7.73. The third kappa shape index (κ3) is 2.54. The summed E-state index contributed by atoms with van der Waals surface area (Å²) in [5, 5.41) is 3.04. The zero-order chi connectivity index (χ0) is 16.6. The van der Waals surface area contributed by atoms with Gasteiger partial charge in [-0.2, -0.15) is 0 Å². The fourth-order valence-electron chi connectivity index (χ4n) is 2.83. The molecule has 0 aliphatic carbocycles. The highest BCUT2D eigenvalue weighted by Gasteiger charge is 2.28. The molecular formula is C20H25NO. The number of carbonyl (C=O) groups is 1. The quantitative estimate of drug-likeness (QED) is 0.592. The monoisotopic (exact) mass is 295 g/mol. The number of hydrogen-bond acceptors (Lipinski definition) is 1. The maximum atomic E-state index is 12.4. The van der Waals surface area contributed by atoms with Gasteiger partial charge in [0, 0.05) is 11.1 Å². The van der Waals surface area contributed by atoms with E-state index in [1.807, 2.05) is 19.1 Å². The van der Waals surface area contributed by atoms with Crippen molar-refractivity contribution in [3.63, 3.8) is 0 Å². The summed E-state index contributed by atoms with van der Waals surface area (Å²) in [5.74, 6) is -0.00613. The SMILES string of the molecule is CC=C(C)C(C)=C/C=C1\C(=O)Nc2c(C)c(C)c(C)c(C)c21. The van der Waals surface area contributed by atoms with Gasteiger partial charge in [0.25, 0.3) is 5.91 Å². The largest absolute Gasteiger partial charge is 0.321 e. The zero-order valence-electron chi connectivity index (χ0n) is 14.6. The summed E-state index contributed by atoms with van der Waals surface area (Å²) in [6.07, 6.45) is 6.06. The van der Waals surface area contributed by atoms with Gasteiger partial charge in [0.05, 0.1) is 5.69 Å². The minimum absolute atomic E-state index is 0.00613. The molecule has 1 aliphatic heterocycles. The maximum absolute atomic E-state index is 12.4. The van der Waals surface area contributed by atoms with Crippen molar-refractivity contribution in [2.24, 2.45) is 0 Å². The third-order valence-corrected chi connectivity index (χ3v) is 5.00. The second-order valence-corrected chi connectivity index (χ2v) is 6.11. The minimum Gasteiger partial charge on any atom is -0.321 e. The van der Waals surface area contributed by atoms with E-state index in [9.17, 15) is 4.79 Å². The van der Waals surface area contributed by atoms with Crippen molar-refractivity contribution in [2.45, 2.75) is 48.5 Å². The van der Waals surface area contributed by atoms with Gasteiger partial charge in [-0.15, -0.1) is 0 Å². The maximum Gasteiger partial charge on any atom is 0.256 e. The molecule has 1 heterocycles. The van der Waals surface area contributed by atoms with Crippen molar-refractivity contribution in [2.75, 3.05) is 5.32 Å². The van der Waals surface area contributed by atoms with Gasteiger partial charge in [0.2, 0.25) is 0 Å². The molecule has 0 atom stereocenters. The van der Waals surface area contributed by atoms with Gasteiger partial charge in [-0.3, -0.25) is 4.79 Å². The van der Waals surface area contributed by atoms with E-state index in [1.54, 1.807) is 0 Å². The van der Waals surface area contributed by atoms with Crippen molar-refractivity contribution in [3.8, 4) is 0 Å². The average molecular weight is 295 g/mol. The Morgan fingerprint density at radius 3 is 2.09 bits per heavy atom. The number of nitrogens with one attached hydrogen (secondary N) is 1. The molecule has 0 radical (unpaired) electrons. The lowest BCUT2D eigenvalue weighted by Gasteiger charge is -2.14. The predicted octanol–water partition coefficient (Wildman–Crippen LogP) is 5.17. The summed E-state index contributed by atoms with van der Waals surface area (Å²) in [4.78, 5) is 12.4. The second kappa shape index (κ2) is 5.96. The van der Waals surface area contributed by atoms with Gasteiger partial charge in [0.1, 0.15) is 0 Å². The van der Waals surface area contributed by atoms with E-state index in [0.29, 0.717) is 0 Å². The van der Waals surface area contributed by atoms with Crippen LogP contribution in [-0.2, 0) is 4.79 Å². The number of allylic oxidation sites excluding steroid dienone is 5. The van der Waals surface area contributed by atoms with Gasteiger partial charge in [-0.25, -0.2) is 0 Å². The van der Waals surface area contributed by atoms with Crippen molar-refractivity contribution in [1.29, 1.82) is 0 Å². The van der Waals surface area contributed by atoms with Gasteiger partial charge >= 0.3 is 0 Å². The summed E-state index contributed by atoms with van der Waals surface area (Å²) in [6, 6.07) is 0. The number of fused-ring (bicyclic) bond motifs is 1. The Labute approximate surface area is 133 Å². The van der Waals surface area contributed by atoms with E-state index in [-0.39, 0.29) is 5.91 Å². The molecule has 1 aromatic rings. The smallest absolute Gasteiger partial charge is 0.256 e. The molecule has 0 fully saturated rings. The fourth-order valence-corrected chi connectivity index (χ4v) is 2.83. The van der Waals surface area contributed by atoms with E-state index in [0.717, 1.165) is 16.8 Å². The lowest BCUT2D eigenvalue weighted by molar-refractivity contribution is -0.110. The van der Waals surface area contributed by atoms with E-state index >= 15 is 0 Å². The van der Waals surface area contributed by atoms with Crippen molar-refractivity contribution in [1.82, 2.24) is 0 Å². The Morgan fingerprint density at radius 1 is 0.909 bits per heavy atom. The molecule has 116 valence electrons. The first kappa shape index (κ1) is 16.3. The minimum atomic E-state index is -0.00613. The molecule has 0 spiro atoms. The summed E-state index contributed by atoms with van der Waals surface area (Å²) >= 11 is 0. The Hall–Kier alpha value is -2.09. The number of carbonyl (C=O) groups excluding carboxylic acids is 1. The molecule has 22 heavy (non-hydrogen) atoms. The van der Waals surface area contributed by atoms with Crippen LogP contribution in [0.2, 0.25) is 0 Å². The van der Waals surface area contributed by atoms with Crippen LogP contribution >= 0.6 is 0 Å². The van der Waals surface area contributed by atoms with Crippen LogP contribution in [0.4, 0.5) is 5.69 Å². The molecule has 1 amide bonds. The number of hydrogen-bond donors (Lipinski definition) is 1. The Balaban J connectivity index is 2.64. The number of benzene rings is 1. The van der Waals surface area contributed by atoms with Crippen LogP contribution in [0.1, 0.15) is 48.6 Å². The lowest BCUT2D eigenvalue weighted by Crippen LogP contribution is -2.04. The third-order valence-electron chi connectivity index (χ3n) is 5.00. The predicted molar refractivity (Wildman–Crippen MR) is 95.2 cm³/mol. The number of anilines is 1. The van der Waals surface area contributed by atoms with Crippen LogP contribution in [0.25, 0.3) is 5.57 Å². The van der Waals surface area contributed by atoms with Crippen LogP contribution in [0, 0.1) is 27.7 Å². The molecule has 1 aliphatic rings. The van der Waals surface area contributed by atoms with Crippen LogP contribution in [-0.4, -0.2) is 5.91 Å². The summed E-state index contributed by atoms with van der Waals surface area (Å²) in [6.45, 7) is 14.6. The van der Waals surface area contributed by atoms with Gasteiger partial charge < -0.3 is 5.32 Å². The van der Waals surface area contributed by atoms with Gasteiger partial charge in [-0.1, -0.05) is 17.7 Å². The first-order chi connectivity index (χ1) is 10.3. The summed E-state index contributed by atoms with van der Waals surface area (Å²) < 4.78 is 0. The van der Waals surface area contributed by atoms with Crippen LogP contribution in [0.15, 0.2) is 29.4 Å². The highest BCUT2D eigenvalue weighted by atomic mass is 16.2. The van der Waals surface area contributed by atoms with E-state index < -0.39 is 0 Å². The molecular weight excluding hydrogens is 270 g/mol. The normalized spacial score (nSPS) is 17.0. The van der Waals surface area contributed by atoms with Crippen LogP contribution < -0.4 is 5.32 Å². The van der Waals surface area contributed by atoms with Crippen molar-refractivity contribution in [3.05, 3.63) is 57.2 Å². The molecule has 2 heteroatoms. The molecule has 1 aromatic carbocycles. The Kier molecular flexibility index (Phi) is 4.41. The van der Waals surface area contributed by atoms with Crippen LogP contribution in [0.5, 0.6) is 0 Å². The molecule has 0 saturated carbocycles. The van der Waals surface area contributed by atoms with Crippen molar-refractivity contribution < 1.29 is 4.79 Å². The van der Waals surface area contributed by atoms with Crippen LogP contribution in [0.3, 0.4) is 0 Å². The standard InChI is InChI=1S/C20H25NO/c1-8-11(2)12(3)9-10-17-18-15(6)13(4)14(5)16(7)19(18)21-20(17)22/h8-10H,1-7H3,(H,21,22)/b11-8?,12-9?,17-10-. The van der Waals surface area contributed by atoms with E-state index in [4.69, 9.17) is 0 Å². The molecule has 0 bridgehead atoms. The lowest BCUT2D eigenvalue weighted by atomic mass is 9.90. The number of amides is 1. The highest BCUT2D eigenvalue weighted by molar-refractivity contribution is 6.32. The highest BCUT2D eigenvalue weighted by Crippen LogP contribution is 2.40. The Morgan fingerprint density at radius 2 is 1.50 bits per heavy atom. The number of rotatable bonds is 2. The van der Waals surface area contributed by atoms with Crippen molar-refractivity contribution >= 4 is 17.2 Å². The summed E-state index contributed by atoms with van der Waals surface area (Å²) in [7, 11) is 0. The fraction of sp³-hybridized carbons (Fsp3) is 0.350. The van der Waals surface area contributed by atoms with Gasteiger partial charge in [0.15, 0.2) is 0 Å².